The van der Waals surface area contributed by atoms with Crippen molar-refractivity contribution in [1.82, 2.24) is 20.2 Å². The highest BCUT2D eigenvalue weighted by molar-refractivity contribution is 5.43. The van der Waals surface area contributed by atoms with Crippen LogP contribution in [-0.2, 0) is 12.7 Å². The Labute approximate surface area is 118 Å². The van der Waals surface area contributed by atoms with E-state index in [1.54, 1.807) is 19.1 Å². The second kappa shape index (κ2) is 6.33. The van der Waals surface area contributed by atoms with Gasteiger partial charge in [-0.1, -0.05) is 0 Å². The van der Waals surface area contributed by atoms with Gasteiger partial charge in [0.1, 0.15) is 5.82 Å². The SMILES string of the molecule is CCNc1nc(NCc2cccnn2)cc(C(F)(F)F)n1. The van der Waals surface area contributed by atoms with Gasteiger partial charge in [-0.3, -0.25) is 0 Å². The van der Waals surface area contributed by atoms with Gasteiger partial charge >= 0.3 is 6.18 Å². The Kier molecular flexibility index (Phi) is 4.51. The van der Waals surface area contributed by atoms with Crippen LogP contribution in [0.1, 0.15) is 18.3 Å². The topological polar surface area (TPSA) is 75.6 Å². The van der Waals surface area contributed by atoms with Crippen molar-refractivity contribution in [3.63, 3.8) is 0 Å². The largest absolute Gasteiger partial charge is 0.433 e. The highest BCUT2D eigenvalue weighted by Crippen LogP contribution is 2.29. The molecule has 0 amide bonds. The molecule has 9 heteroatoms. The van der Waals surface area contributed by atoms with Gasteiger partial charge in [-0.05, 0) is 19.1 Å². The van der Waals surface area contributed by atoms with Crippen LogP contribution in [0.25, 0.3) is 0 Å². The Morgan fingerprint density at radius 2 is 2.00 bits per heavy atom. The Balaban J connectivity index is 2.19. The number of aromatic nitrogens is 4. The van der Waals surface area contributed by atoms with Crippen molar-refractivity contribution in [2.45, 2.75) is 19.6 Å². The van der Waals surface area contributed by atoms with Gasteiger partial charge in [-0.15, -0.1) is 0 Å². The summed E-state index contributed by atoms with van der Waals surface area (Å²) in [5.41, 5.74) is -0.412. The molecular formula is C12H13F3N6. The van der Waals surface area contributed by atoms with Gasteiger partial charge in [-0.25, -0.2) is 4.98 Å². The Bertz CT molecular complexity index is 587. The monoisotopic (exact) mass is 298 g/mol. The first-order valence-electron chi connectivity index (χ1n) is 6.19. The number of rotatable bonds is 5. The predicted molar refractivity (Wildman–Crippen MR) is 70.6 cm³/mol. The Morgan fingerprint density at radius 3 is 2.62 bits per heavy atom. The zero-order valence-electron chi connectivity index (χ0n) is 11.1. The lowest BCUT2D eigenvalue weighted by atomic mass is 10.3. The van der Waals surface area contributed by atoms with Gasteiger partial charge < -0.3 is 10.6 Å². The lowest BCUT2D eigenvalue weighted by Gasteiger charge is -2.11. The summed E-state index contributed by atoms with van der Waals surface area (Å²) in [6.45, 7) is 2.38. The summed E-state index contributed by atoms with van der Waals surface area (Å²) in [4.78, 5) is 7.40. The van der Waals surface area contributed by atoms with Crippen LogP contribution in [0.2, 0.25) is 0 Å². The van der Waals surface area contributed by atoms with Gasteiger partial charge in [0.2, 0.25) is 5.95 Å². The summed E-state index contributed by atoms with van der Waals surface area (Å²) in [7, 11) is 0. The second-order valence-electron chi connectivity index (χ2n) is 4.06. The molecule has 0 aromatic carbocycles. The van der Waals surface area contributed by atoms with Crippen LogP contribution < -0.4 is 10.6 Å². The third-order valence-electron chi connectivity index (χ3n) is 2.43. The fraction of sp³-hybridized carbons (Fsp3) is 0.333. The maximum atomic E-state index is 12.8. The number of alkyl halides is 3. The van der Waals surface area contributed by atoms with E-state index >= 15 is 0 Å². The molecule has 2 aromatic heterocycles. The first-order chi connectivity index (χ1) is 9.99. The van der Waals surface area contributed by atoms with Crippen LogP contribution in [0.15, 0.2) is 24.4 Å². The molecule has 0 aliphatic carbocycles. The molecule has 0 saturated heterocycles. The minimum atomic E-state index is -4.53. The number of nitrogens with zero attached hydrogens (tertiary/aromatic N) is 4. The molecule has 0 radical (unpaired) electrons. The van der Waals surface area contributed by atoms with E-state index in [9.17, 15) is 13.2 Å². The lowest BCUT2D eigenvalue weighted by Crippen LogP contribution is -2.14. The van der Waals surface area contributed by atoms with Crippen LogP contribution in [0.4, 0.5) is 24.9 Å². The summed E-state index contributed by atoms with van der Waals surface area (Å²) in [5, 5.41) is 13.0. The third kappa shape index (κ3) is 4.26. The standard InChI is InChI=1S/C12H13F3N6/c1-2-16-11-19-9(12(13,14)15)6-10(20-11)17-7-8-4-3-5-18-21-8/h3-6H,2,7H2,1H3,(H2,16,17,19,20). The maximum absolute atomic E-state index is 12.8. The molecule has 0 unspecified atom stereocenters. The smallest absolute Gasteiger partial charge is 0.364 e. The third-order valence-corrected chi connectivity index (χ3v) is 2.43. The summed E-state index contributed by atoms with van der Waals surface area (Å²) in [5.74, 6) is -0.00658. The molecule has 0 atom stereocenters. The van der Waals surface area contributed by atoms with Crippen LogP contribution in [0.5, 0.6) is 0 Å². The number of hydrogen-bond acceptors (Lipinski definition) is 6. The first kappa shape index (κ1) is 14.9. The van der Waals surface area contributed by atoms with E-state index in [0.717, 1.165) is 6.07 Å². The average molecular weight is 298 g/mol. The fourth-order valence-corrected chi connectivity index (χ4v) is 1.53. The van der Waals surface area contributed by atoms with Crippen LogP contribution in [-0.4, -0.2) is 26.7 Å². The molecule has 21 heavy (non-hydrogen) atoms. The van der Waals surface area contributed by atoms with E-state index in [1.165, 1.54) is 6.20 Å². The van der Waals surface area contributed by atoms with Crippen molar-refractivity contribution >= 4 is 11.8 Å². The maximum Gasteiger partial charge on any atom is 0.433 e. The summed E-state index contributed by atoms with van der Waals surface area (Å²) < 4.78 is 38.3. The van der Waals surface area contributed by atoms with Gasteiger partial charge in [0.15, 0.2) is 5.69 Å². The van der Waals surface area contributed by atoms with Crippen molar-refractivity contribution < 1.29 is 13.2 Å². The van der Waals surface area contributed by atoms with Crippen molar-refractivity contribution in [1.29, 1.82) is 0 Å². The molecule has 112 valence electrons. The van der Waals surface area contributed by atoms with E-state index in [-0.39, 0.29) is 18.3 Å². The van der Waals surface area contributed by atoms with Crippen molar-refractivity contribution in [3.05, 3.63) is 35.8 Å². The van der Waals surface area contributed by atoms with E-state index in [0.29, 0.717) is 12.2 Å². The van der Waals surface area contributed by atoms with Gasteiger partial charge in [0, 0.05) is 18.8 Å². The Morgan fingerprint density at radius 1 is 1.19 bits per heavy atom. The number of nitrogens with one attached hydrogen (secondary N) is 2. The lowest BCUT2D eigenvalue weighted by molar-refractivity contribution is -0.141. The zero-order valence-corrected chi connectivity index (χ0v) is 11.1. The van der Waals surface area contributed by atoms with Crippen LogP contribution in [0.3, 0.4) is 0 Å². The molecule has 0 spiro atoms. The van der Waals surface area contributed by atoms with Crippen LogP contribution >= 0.6 is 0 Å². The van der Waals surface area contributed by atoms with Crippen molar-refractivity contribution in [2.24, 2.45) is 0 Å². The number of hydrogen-bond donors (Lipinski definition) is 2. The molecule has 0 fully saturated rings. The number of halogens is 3. The molecular weight excluding hydrogens is 285 g/mol. The number of anilines is 2. The first-order valence-corrected chi connectivity index (χ1v) is 6.19. The summed E-state index contributed by atoms with van der Waals surface area (Å²) in [6, 6.07) is 4.25. The second-order valence-corrected chi connectivity index (χ2v) is 4.06. The zero-order chi connectivity index (χ0) is 15.3. The summed E-state index contributed by atoms with van der Waals surface area (Å²) >= 11 is 0. The van der Waals surface area contributed by atoms with E-state index in [1.807, 2.05) is 0 Å². The molecule has 2 rings (SSSR count). The highest BCUT2D eigenvalue weighted by atomic mass is 19.4. The normalized spacial score (nSPS) is 11.2. The molecule has 0 aliphatic rings. The summed E-state index contributed by atoms with van der Waals surface area (Å²) in [6.07, 6.45) is -3.02. The molecule has 0 bridgehead atoms. The van der Waals surface area contributed by atoms with Crippen molar-refractivity contribution in [3.8, 4) is 0 Å². The molecule has 6 nitrogen and oxygen atoms in total. The van der Waals surface area contributed by atoms with Gasteiger partial charge in [0.25, 0.3) is 0 Å². The molecule has 2 heterocycles. The minimum absolute atomic E-state index is 0.0685. The van der Waals surface area contributed by atoms with E-state index in [2.05, 4.69) is 30.8 Å². The molecule has 2 N–H and O–H groups in total. The van der Waals surface area contributed by atoms with E-state index in [4.69, 9.17) is 0 Å². The average Bonchev–Trinajstić information content (AvgIpc) is 2.45. The fourth-order valence-electron chi connectivity index (χ4n) is 1.53. The van der Waals surface area contributed by atoms with Crippen molar-refractivity contribution in [2.75, 3.05) is 17.2 Å². The molecule has 0 aliphatic heterocycles. The predicted octanol–water partition coefficient (Wildman–Crippen LogP) is 2.33. The van der Waals surface area contributed by atoms with Crippen LogP contribution in [0, 0.1) is 0 Å². The van der Waals surface area contributed by atoms with Gasteiger partial charge in [0.05, 0.1) is 12.2 Å². The van der Waals surface area contributed by atoms with E-state index < -0.39 is 11.9 Å². The molecule has 2 aromatic rings. The van der Waals surface area contributed by atoms with Gasteiger partial charge in [-0.2, -0.15) is 28.4 Å². The Hall–Kier alpha value is -2.45. The molecule has 0 saturated carbocycles. The quantitative estimate of drug-likeness (QED) is 0.882. The minimum Gasteiger partial charge on any atom is -0.364 e. The highest BCUT2D eigenvalue weighted by Gasteiger charge is 2.33.